The molecule has 0 bridgehead atoms. The van der Waals surface area contributed by atoms with Gasteiger partial charge in [0.15, 0.2) is 11.8 Å². The Morgan fingerprint density at radius 3 is 2.81 bits per heavy atom. The van der Waals surface area contributed by atoms with Crippen LogP contribution in [0.2, 0.25) is 0 Å². The van der Waals surface area contributed by atoms with Gasteiger partial charge in [-0.05, 0) is 25.1 Å². The number of halogens is 1. The first-order chi connectivity index (χ1) is 9.93. The molecule has 1 atom stereocenters. The fourth-order valence-electron chi connectivity index (χ4n) is 1.97. The van der Waals surface area contributed by atoms with Gasteiger partial charge in [0, 0.05) is 18.1 Å². The van der Waals surface area contributed by atoms with Crippen molar-refractivity contribution in [2.75, 3.05) is 13.7 Å². The van der Waals surface area contributed by atoms with Crippen molar-refractivity contribution < 1.29 is 28.2 Å². The van der Waals surface area contributed by atoms with Gasteiger partial charge in [-0.1, -0.05) is 0 Å². The van der Waals surface area contributed by atoms with Crippen LogP contribution in [0.5, 0.6) is 0 Å². The predicted molar refractivity (Wildman–Crippen MR) is 71.7 cm³/mol. The monoisotopic (exact) mass is 295 g/mol. The second-order valence-electron chi connectivity index (χ2n) is 4.52. The van der Waals surface area contributed by atoms with E-state index in [1.807, 2.05) is 0 Å². The number of benzene rings is 1. The van der Waals surface area contributed by atoms with E-state index in [9.17, 15) is 14.0 Å². The van der Waals surface area contributed by atoms with Crippen molar-refractivity contribution in [2.45, 2.75) is 13.0 Å². The third-order valence-corrected chi connectivity index (χ3v) is 3.04. The summed E-state index contributed by atoms with van der Waals surface area (Å²) in [7, 11) is 1.33. The molecule has 1 heterocycles. The zero-order valence-corrected chi connectivity index (χ0v) is 11.5. The molecule has 1 aromatic heterocycles. The Morgan fingerprint density at radius 1 is 1.48 bits per heavy atom. The van der Waals surface area contributed by atoms with Crippen LogP contribution in [0, 0.1) is 12.7 Å². The van der Waals surface area contributed by atoms with E-state index in [1.165, 1.54) is 25.3 Å². The van der Waals surface area contributed by atoms with Crippen LogP contribution in [0.3, 0.4) is 0 Å². The fourth-order valence-corrected chi connectivity index (χ4v) is 1.97. The number of aryl methyl sites for hydroxylation is 1. The average molecular weight is 295 g/mol. The summed E-state index contributed by atoms with van der Waals surface area (Å²) in [6, 6.07) is 2.71. The van der Waals surface area contributed by atoms with Crippen LogP contribution in [0.4, 0.5) is 4.39 Å². The molecule has 0 fully saturated rings. The van der Waals surface area contributed by atoms with Gasteiger partial charge >= 0.3 is 5.97 Å². The Labute approximate surface area is 119 Å². The van der Waals surface area contributed by atoms with E-state index < -0.39 is 23.7 Å². The summed E-state index contributed by atoms with van der Waals surface area (Å²) in [5.74, 6) is -2.39. The molecule has 0 spiro atoms. The molecule has 0 radical (unpaired) electrons. The van der Waals surface area contributed by atoms with Crippen LogP contribution in [0.15, 0.2) is 22.6 Å². The predicted octanol–water partition coefficient (Wildman–Crippen LogP) is 1.71. The number of carbonyl (C=O) groups excluding carboxylic acids is 1. The number of ether oxygens (including phenoxy) is 1. The number of furan rings is 1. The van der Waals surface area contributed by atoms with Crippen molar-refractivity contribution in [3.63, 3.8) is 0 Å². The van der Waals surface area contributed by atoms with Gasteiger partial charge in [-0.2, -0.15) is 0 Å². The molecule has 7 heteroatoms. The van der Waals surface area contributed by atoms with Gasteiger partial charge < -0.3 is 19.6 Å². The van der Waals surface area contributed by atoms with Gasteiger partial charge in [-0.15, -0.1) is 0 Å². The number of carboxylic acid groups (broad SMARTS) is 1. The Bertz CT molecular complexity index is 694. The summed E-state index contributed by atoms with van der Waals surface area (Å²) in [5.41, 5.74) is 0.807. The van der Waals surface area contributed by atoms with Crippen LogP contribution in [-0.4, -0.2) is 36.7 Å². The Hall–Kier alpha value is -2.41. The summed E-state index contributed by atoms with van der Waals surface area (Å²) in [5, 5.41) is 11.7. The van der Waals surface area contributed by atoms with E-state index in [0.717, 1.165) is 0 Å². The molecule has 21 heavy (non-hydrogen) atoms. The second kappa shape index (κ2) is 5.92. The minimum Gasteiger partial charge on any atom is -0.480 e. The summed E-state index contributed by atoms with van der Waals surface area (Å²) in [6.07, 6.45) is 0. The molecule has 1 amide bonds. The number of amides is 1. The Kier molecular flexibility index (Phi) is 4.23. The smallest absolute Gasteiger partial charge is 0.328 e. The molecule has 0 aliphatic carbocycles. The number of hydrogen-bond acceptors (Lipinski definition) is 4. The summed E-state index contributed by atoms with van der Waals surface area (Å²) >= 11 is 0. The third kappa shape index (κ3) is 3.03. The molecule has 0 aliphatic rings. The number of rotatable bonds is 5. The standard InChI is InChI=1S/C14H14FNO5/c1-7-9-5-8(15)3-4-11(9)21-12(7)13(17)16-10(6-20-2)14(18)19/h3-5,10H,6H2,1-2H3,(H,16,17)(H,18,19). The molecular formula is C14H14FNO5. The van der Waals surface area contributed by atoms with Crippen LogP contribution >= 0.6 is 0 Å². The average Bonchev–Trinajstić information content (AvgIpc) is 2.75. The minimum atomic E-state index is -1.22. The number of fused-ring (bicyclic) bond motifs is 1. The third-order valence-electron chi connectivity index (χ3n) is 3.04. The van der Waals surface area contributed by atoms with Crippen molar-refractivity contribution in [3.05, 3.63) is 35.3 Å². The minimum absolute atomic E-state index is 0.0436. The van der Waals surface area contributed by atoms with Gasteiger partial charge in [0.25, 0.3) is 5.91 Å². The molecule has 0 saturated heterocycles. The topological polar surface area (TPSA) is 88.8 Å². The lowest BCUT2D eigenvalue weighted by Gasteiger charge is -2.12. The first-order valence-electron chi connectivity index (χ1n) is 6.15. The Balaban J connectivity index is 2.31. The van der Waals surface area contributed by atoms with E-state index in [2.05, 4.69) is 5.32 Å². The van der Waals surface area contributed by atoms with Gasteiger partial charge in [0.05, 0.1) is 6.61 Å². The molecular weight excluding hydrogens is 281 g/mol. The van der Waals surface area contributed by atoms with Crippen molar-refractivity contribution in [1.29, 1.82) is 0 Å². The normalized spacial score (nSPS) is 12.3. The number of carbonyl (C=O) groups is 2. The lowest BCUT2D eigenvalue weighted by molar-refractivity contribution is -0.140. The first kappa shape index (κ1) is 15.0. The van der Waals surface area contributed by atoms with E-state index >= 15 is 0 Å². The highest BCUT2D eigenvalue weighted by Crippen LogP contribution is 2.25. The summed E-state index contributed by atoms with van der Waals surface area (Å²) in [6.45, 7) is 1.43. The molecule has 6 nitrogen and oxygen atoms in total. The van der Waals surface area contributed by atoms with E-state index in [4.69, 9.17) is 14.3 Å². The maximum atomic E-state index is 13.2. The van der Waals surface area contributed by atoms with Crippen molar-refractivity contribution in [3.8, 4) is 0 Å². The lowest BCUT2D eigenvalue weighted by atomic mass is 10.1. The molecule has 0 saturated carbocycles. The number of carboxylic acids is 1. The van der Waals surface area contributed by atoms with Gasteiger partial charge in [0.2, 0.25) is 0 Å². The van der Waals surface area contributed by atoms with Gasteiger partial charge in [-0.25, -0.2) is 9.18 Å². The molecule has 0 aliphatic heterocycles. The molecule has 1 aromatic carbocycles. The molecule has 1 unspecified atom stereocenters. The van der Waals surface area contributed by atoms with Crippen molar-refractivity contribution in [2.24, 2.45) is 0 Å². The summed E-state index contributed by atoms with van der Waals surface area (Å²) < 4.78 is 23.3. The largest absolute Gasteiger partial charge is 0.480 e. The quantitative estimate of drug-likeness (QED) is 0.876. The highest BCUT2D eigenvalue weighted by molar-refractivity contribution is 6.00. The molecule has 2 N–H and O–H groups in total. The maximum absolute atomic E-state index is 13.2. The number of aliphatic carboxylic acids is 1. The van der Waals surface area contributed by atoms with Gasteiger partial charge in [0.1, 0.15) is 11.4 Å². The number of nitrogens with one attached hydrogen (secondary N) is 1. The van der Waals surface area contributed by atoms with E-state index in [0.29, 0.717) is 16.5 Å². The zero-order valence-electron chi connectivity index (χ0n) is 11.5. The maximum Gasteiger partial charge on any atom is 0.328 e. The highest BCUT2D eigenvalue weighted by Gasteiger charge is 2.24. The van der Waals surface area contributed by atoms with Gasteiger partial charge in [-0.3, -0.25) is 4.79 Å². The SMILES string of the molecule is COCC(NC(=O)c1oc2ccc(F)cc2c1C)C(=O)O. The van der Waals surface area contributed by atoms with Crippen molar-refractivity contribution >= 4 is 22.8 Å². The highest BCUT2D eigenvalue weighted by atomic mass is 19.1. The van der Waals surface area contributed by atoms with E-state index in [1.54, 1.807) is 6.92 Å². The molecule has 2 aromatic rings. The van der Waals surface area contributed by atoms with Crippen LogP contribution in [0.1, 0.15) is 16.1 Å². The van der Waals surface area contributed by atoms with Crippen molar-refractivity contribution in [1.82, 2.24) is 5.32 Å². The number of hydrogen-bond donors (Lipinski definition) is 2. The first-order valence-corrected chi connectivity index (χ1v) is 6.15. The van der Waals surface area contributed by atoms with Crippen LogP contribution < -0.4 is 5.32 Å². The zero-order chi connectivity index (χ0) is 15.6. The summed E-state index contributed by atoms with van der Waals surface area (Å²) in [4.78, 5) is 23.1. The molecule has 2 rings (SSSR count). The van der Waals surface area contributed by atoms with Crippen LogP contribution in [-0.2, 0) is 9.53 Å². The van der Waals surface area contributed by atoms with Crippen LogP contribution in [0.25, 0.3) is 11.0 Å². The molecule has 112 valence electrons. The van der Waals surface area contributed by atoms with E-state index in [-0.39, 0.29) is 12.4 Å². The number of methoxy groups -OCH3 is 1. The fraction of sp³-hybridized carbons (Fsp3) is 0.286. The Morgan fingerprint density at radius 2 is 2.19 bits per heavy atom. The second-order valence-corrected chi connectivity index (χ2v) is 4.52. The lowest BCUT2D eigenvalue weighted by Crippen LogP contribution is -2.43.